The fourth-order valence-electron chi connectivity index (χ4n) is 1.88. The van der Waals surface area contributed by atoms with E-state index >= 15 is 0 Å². The summed E-state index contributed by atoms with van der Waals surface area (Å²) in [5, 5.41) is 2.92. The molecule has 0 saturated heterocycles. The molecule has 0 heterocycles. The number of nitrogens with one attached hydrogen (secondary N) is 1. The van der Waals surface area contributed by atoms with Crippen LogP contribution in [0.1, 0.15) is 11.1 Å². The van der Waals surface area contributed by atoms with E-state index in [1.807, 2.05) is 54.6 Å². The van der Waals surface area contributed by atoms with E-state index in [4.69, 9.17) is 0 Å². The summed E-state index contributed by atoms with van der Waals surface area (Å²) in [4.78, 5) is 13.7. The van der Waals surface area contributed by atoms with Crippen LogP contribution >= 0.6 is 15.9 Å². The van der Waals surface area contributed by atoms with Crippen molar-refractivity contribution in [3.63, 3.8) is 0 Å². The van der Waals surface area contributed by atoms with Gasteiger partial charge in [-0.2, -0.15) is 0 Å². The Bertz CT molecular complexity index is 572. The van der Waals surface area contributed by atoms with Crippen molar-refractivity contribution >= 4 is 22.0 Å². The minimum atomic E-state index is -0.0791. The fraction of sp³-hybridized carbons (Fsp3) is 0.188. The molecule has 1 N–H and O–H groups in total. The summed E-state index contributed by atoms with van der Waals surface area (Å²) in [7, 11) is 1.79. The zero-order valence-corrected chi connectivity index (χ0v) is 12.9. The molecule has 0 aliphatic heterocycles. The second-order valence-corrected chi connectivity index (χ2v) is 5.45. The topological polar surface area (TPSA) is 32.3 Å². The second kappa shape index (κ2) is 7.10. The lowest BCUT2D eigenvalue weighted by Crippen LogP contribution is -2.36. The number of amides is 2. The van der Waals surface area contributed by atoms with Crippen LogP contribution < -0.4 is 5.32 Å². The summed E-state index contributed by atoms with van der Waals surface area (Å²) >= 11 is 3.47. The van der Waals surface area contributed by atoms with Gasteiger partial charge < -0.3 is 10.2 Å². The van der Waals surface area contributed by atoms with Gasteiger partial charge in [0.25, 0.3) is 0 Å². The molecule has 20 heavy (non-hydrogen) atoms. The molecule has 3 nitrogen and oxygen atoms in total. The van der Waals surface area contributed by atoms with Gasteiger partial charge in [0.1, 0.15) is 0 Å². The maximum absolute atomic E-state index is 12.0. The van der Waals surface area contributed by atoms with Gasteiger partial charge in [0.05, 0.1) is 0 Å². The van der Waals surface area contributed by atoms with Gasteiger partial charge in [-0.15, -0.1) is 0 Å². The fourth-order valence-corrected chi connectivity index (χ4v) is 2.30. The summed E-state index contributed by atoms with van der Waals surface area (Å²) in [6, 6.07) is 17.7. The van der Waals surface area contributed by atoms with Crippen molar-refractivity contribution in [3.05, 3.63) is 70.2 Å². The van der Waals surface area contributed by atoms with Gasteiger partial charge in [-0.05, 0) is 17.2 Å². The molecule has 4 heteroatoms. The first-order chi connectivity index (χ1) is 9.66. The molecule has 0 unspecified atom stereocenters. The van der Waals surface area contributed by atoms with E-state index < -0.39 is 0 Å². The Labute approximate surface area is 127 Å². The van der Waals surface area contributed by atoms with Crippen molar-refractivity contribution in [2.75, 3.05) is 7.05 Å². The van der Waals surface area contributed by atoms with Gasteiger partial charge >= 0.3 is 6.03 Å². The molecule has 2 aromatic rings. The van der Waals surface area contributed by atoms with E-state index in [0.717, 1.165) is 15.6 Å². The number of carbonyl (C=O) groups excluding carboxylic acids is 1. The molecule has 0 radical (unpaired) electrons. The Balaban J connectivity index is 1.87. The van der Waals surface area contributed by atoms with Crippen molar-refractivity contribution in [3.8, 4) is 0 Å². The quantitative estimate of drug-likeness (QED) is 0.907. The number of nitrogens with zero attached hydrogens (tertiary/aromatic N) is 1. The average molecular weight is 333 g/mol. The highest BCUT2D eigenvalue weighted by atomic mass is 79.9. The first-order valence-corrected chi connectivity index (χ1v) is 7.22. The van der Waals surface area contributed by atoms with Crippen LogP contribution in [-0.2, 0) is 13.1 Å². The first kappa shape index (κ1) is 14.6. The Hall–Kier alpha value is -1.81. The van der Waals surface area contributed by atoms with Crippen LogP contribution in [0.3, 0.4) is 0 Å². The Morgan fingerprint density at radius 2 is 1.75 bits per heavy atom. The normalized spacial score (nSPS) is 10.1. The molecule has 104 valence electrons. The predicted molar refractivity (Wildman–Crippen MR) is 84.3 cm³/mol. The van der Waals surface area contributed by atoms with Gasteiger partial charge in [0.2, 0.25) is 0 Å². The standard InChI is InChI=1S/C16H17BrN2O/c1-19(12-13-7-3-2-4-8-13)16(20)18-11-14-9-5-6-10-15(14)17/h2-10H,11-12H2,1H3,(H,18,20). The second-order valence-electron chi connectivity index (χ2n) is 4.59. The minimum absolute atomic E-state index is 0.0791. The highest BCUT2D eigenvalue weighted by molar-refractivity contribution is 9.10. The van der Waals surface area contributed by atoms with E-state index in [1.165, 1.54) is 0 Å². The van der Waals surface area contributed by atoms with E-state index in [9.17, 15) is 4.79 Å². The van der Waals surface area contributed by atoms with E-state index in [1.54, 1.807) is 11.9 Å². The van der Waals surface area contributed by atoms with Gasteiger partial charge in [-0.3, -0.25) is 0 Å². The van der Waals surface area contributed by atoms with Crippen LogP contribution in [0, 0.1) is 0 Å². The maximum atomic E-state index is 12.0. The zero-order chi connectivity index (χ0) is 14.4. The van der Waals surface area contributed by atoms with Crippen LogP contribution in [0.2, 0.25) is 0 Å². The molecule has 0 aliphatic rings. The number of halogens is 1. The predicted octanol–water partition coefficient (Wildman–Crippen LogP) is 3.79. The Morgan fingerprint density at radius 3 is 2.45 bits per heavy atom. The molecule has 2 aromatic carbocycles. The summed E-state index contributed by atoms with van der Waals surface area (Å²) in [5.41, 5.74) is 2.18. The molecule has 0 fully saturated rings. The smallest absolute Gasteiger partial charge is 0.317 e. The van der Waals surface area contributed by atoms with Gasteiger partial charge in [-0.1, -0.05) is 64.5 Å². The van der Waals surface area contributed by atoms with Crippen LogP contribution in [0.15, 0.2) is 59.1 Å². The van der Waals surface area contributed by atoms with E-state index in [2.05, 4.69) is 21.2 Å². The molecular weight excluding hydrogens is 316 g/mol. The van der Waals surface area contributed by atoms with Crippen LogP contribution in [0.4, 0.5) is 4.79 Å². The van der Waals surface area contributed by atoms with Crippen LogP contribution in [-0.4, -0.2) is 18.0 Å². The SMILES string of the molecule is CN(Cc1ccccc1)C(=O)NCc1ccccc1Br. The molecular formula is C16H17BrN2O. The number of carbonyl (C=O) groups is 1. The van der Waals surface area contributed by atoms with Crippen molar-refractivity contribution < 1.29 is 4.79 Å². The molecule has 2 rings (SSSR count). The largest absolute Gasteiger partial charge is 0.334 e. The molecule has 0 aliphatic carbocycles. The molecule has 0 bridgehead atoms. The molecule has 0 spiro atoms. The maximum Gasteiger partial charge on any atom is 0.317 e. The highest BCUT2D eigenvalue weighted by Gasteiger charge is 2.09. The summed E-state index contributed by atoms with van der Waals surface area (Å²) in [5.74, 6) is 0. The molecule has 0 saturated carbocycles. The van der Waals surface area contributed by atoms with E-state index in [-0.39, 0.29) is 6.03 Å². The first-order valence-electron chi connectivity index (χ1n) is 6.43. The third-order valence-electron chi connectivity index (χ3n) is 3.00. The van der Waals surface area contributed by atoms with E-state index in [0.29, 0.717) is 13.1 Å². The average Bonchev–Trinajstić information content (AvgIpc) is 2.47. The van der Waals surface area contributed by atoms with Crippen molar-refractivity contribution in [2.45, 2.75) is 13.1 Å². The van der Waals surface area contributed by atoms with Gasteiger partial charge in [-0.25, -0.2) is 4.79 Å². The number of hydrogen-bond acceptors (Lipinski definition) is 1. The molecule has 2 amide bonds. The monoisotopic (exact) mass is 332 g/mol. The molecule has 0 atom stereocenters. The van der Waals surface area contributed by atoms with Gasteiger partial charge in [0, 0.05) is 24.6 Å². The molecule has 0 aromatic heterocycles. The lowest BCUT2D eigenvalue weighted by Gasteiger charge is -2.18. The number of benzene rings is 2. The van der Waals surface area contributed by atoms with Crippen molar-refractivity contribution in [1.29, 1.82) is 0 Å². The summed E-state index contributed by atoms with van der Waals surface area (Å²) in [6.45, 7) is 1.11. The van der Waals surface area contributed by atoms with Crippen LogP contribution in [0.5, 0.6) is 0 Å². The Kier molecular flexibility index (Phi) is 5.18. The Morgan fingerprint density at radius 1 is 1.10 bits per heavy atom. The van der Waals surface area contributed by atoms with Crippen molar-refractivity contribution in [2.24, 2.45) is 0 Å². The number of urea groups is 1. The zero-order valence-electron chi connectivity index (χ0n) is 11.3. The lowest BCUT2D eigenvalue weighted by atomic mass is 10.2. The van der Waals surface area contributed by atoms with Gasteiger partial charge in [0.15, 0.2) is 0 Å². The highest BCUT2D eigenvalue weighted by Crippen LogP contribution is 2.15. The van der Waals surface area contributed by atoms with Crippen molar-refractivity contribution in [1.82, 2.24) is 10.2 Å². The third-order valence-corrected chi connectivity index (χ3v) is 3.77. The third kappa shape index (κ3) is 4.10. The summed E-state index contributed by atoms with van der Waals surface area (Å²) < 4.78 is 1.01. The summed E-state index contributed by atoms with van der Waals surface area (Å²) in [6.07, 6.45) is 0. The minimum Gasteiger partial charge on any atom is -0.334 e. The van der Waals surface area contributed by atoms with Crippen LogP contribution in [0.25, 0.3) is 0 Å². The lowest BCUT2D eigenvalue weighted by molar-refractivity contribution is 0.206. The number of rotatable bonds is 4. The number of hydrogen-bond donors (Lipinski definition) is 1.